The van der Waals surface area contributed by atoms with E-state index in [0.29, 0.717) is 6.54 Å². The Morgan fingerprint density at radius 3 is 2.48 bits per heavy atom. The van der Waals surface area contributed by atoms with Gasteiger partial charge in [0.2, 0.25) is 0 Å². The average molecular weight is 311 g/mol. The second-order valence-electron chi connectivity index (χ2n) is 6.02. The predicted molar refractivity (Wildman–Crippen MR) is 84.3 cm³/mol. The number of benzene rings is 1. The molecule has 0 spiro atoms. The van der Waals surface area contributed by atoms with Crippen LogP contribution >= 0.6 is 0 Å². The molecule has 2 rings (SSSR count). The van der Waals surface area contributed by atoms with Crippen LogP contribution in [0.1, 0.15) is 32.4 Å². The average Bonchev–Trinajstić information content (AvgIpc) is 2.73. The van der Waals surface area contributed by atoms with E-state index in [9.17, 15) is 13.2 Å². The molecule has 1 atom stereocenters. The van der Waals surface area contributed by atoms with Gasteiger partial charge in [0.05, 0.1) is 15.8 Å². The highest BCUT2D eigenvalue weighted by Gasteiger charge is 2.30. The SMILES string of the molecule is CC(NCC(C)(C)S(C)(=O)=O)c1ccc2[nH]c(=O)[nH]c2c1. The Labute approximate surface area is 123 Å². The van der Waals surface area contributed by atoms with Gasteiger partial charge in [0, 0.05) is 18.8 Å². The van der Waals surface area contributed by atoms with Crippen molar-refractivity contribution in [2.45, 2.75) is 31.6 Å². The first-order chi connectivity index (χ1) is 9.60. The molecule has 116 valence electrons. The normalized spacial score (nSPS) is 14.5. The lowest BCUT2D eigenvalue weighted by Crippen LogP contribution is -2.42. The molecule has 0 aliphatic carbocycles. The van der Waals surface area contributed by atoms with Crippen molar-refractivity contribution in [1.82, 2.24) is 15.3 Å². The topological polar surface area (TPSA) is 94.8 Å². The molecule has 3 N–H and O–H groups in total. The molecule has 1 aromatic heterocycles. The quantitative estimate of drug-likeness (QED) is 0.776. The fraction of sp³-hybridized carbons (Fsp3) is 0.500. The number of H-pyrrole nitrogens is 2. The molecule has 6 nitrogen and oxygen atoms in total. The highest BCUT2D eigenvalue weighted by Crippen LogP contribution is 2.19. The highest BCUT2D eigenvalue weighted by atomic mass is 32.2. The molecule has 1 heterocycles. The van der Waals surface area contributed by atoms with Gasteiger partial charge in [0.25, 0.3) is 0 Å². The summed E-state index contributed by atoms with van der Waals surface area (Å²) in [5.74, 6) is 0. The number of rotatable bonds is 5. The van der Waals surface area contributed by atoms with Crippen molar-refractivity contribution in [2.24, 2.45) is 0 Å². The molecule has 0 radical (unpaired) electrons. The maximum atomic E-state index is 11.7. The molecular weight excluding hydrogens is 290 g/mol. The van der Waals surface area contributed by atoms with Crippen LogP contribution in [0.15, 0.2) is 23.0 Å². The molecule has 0 fully saturated rings. The molecule has 7 heteroatoms. The summed E-state index contributed by atoms with van der Waals surface area (Å²) in [6.45, 7) is 5.72. The van der Waals surface area contributed by atoms with Crippen LogP contribution in [0.3, 0.4) is 0 Å². The van der Waals surface area contributed by atoms with Crippen LogP contribution in [-0.4, -0.2) is 35.9 Å². The van der Waals surface area contributed by atoms with Crippen LogP contribution in [-0.2, 0) is 9.84 Å². The Hall–Kier alpha value is -1.60. The summed E-state index contributed by atoms with van der Waals surface area (Å²) in [4.78, 5) is 16.6. The highest BCUT2D eigenvalue weighted by molar-refractivity contribution is 7.92. The smallest absolute Gasteiger partial charge is 0.309 e. The van der Waals surface area contributed by atoms with Crippen molar-refractivity contribution in [2.75, 3.05) is 12.8 Å². The van der Waals surface area contributed by atoms with Crippen LogP contribution < -0.4 is 11.0 Å². The van der Waals surface area contributed by atoms with Gasteiger partial charge in [-0.3, -0.25) is 0 Å². The Kier molecular flexibility index (Phi) is 3.99. The van der Waals surface area contributed by atoms with E-state index in [0.717, 1.165) is 16.6 Å². The lowest BCUT2D eigenvalue weighted by molar-refractivity contribution is 0.489. The number of imidazole rings is 1. The summed E-state index contributed by atoms with van der Waals surface area (Å²) in [6, 6.07) is 5.62. The Balaban J connectivity index is 2.15. The van der Waals surface area contributed by atoms with E-state index >= 15 is 0 Å². The molecule has 21 heavy (non-hydrogen) atoms. The van der Waals surface area contributed by atoms with Crippen molar-refractivity contribution in [3.63, 3.8) is 0 Å². The van der Waals surface area contributed by atoms with Gasteiger partial charge >= 0.3 is 5.69 Å². The van der Waals surface area contributed by atoms with Gasteiger partial charge < -0.3 is 15.3 Å². The predicted octanol–water partition coefficient (Wildman–Crippen LogP) is 1.33. The Bertz CT molecular complexity index is 802. The molecule has 1 aromatic carbocycles. The molecule has 0 aliphatic rings. The monoisotopic (exact) mass is 311 g/mol. The van der Waals surface area contributed by atoms with E-state index in [1.807, 2.05) is 25.1 Å². The summed E-state index contributed by atoms with van der Waals surface area (Å²) in [5.41, 5.74) is 2.25. The van der Waals surface area contributed by atoms with E-state index in [4.69, 9.17) is 0 Å². The van der Waals surface area contributed by atoms with Gasteiger partial charge in [-0.05, 0) is 38.5 Å². The standard InChI is InChI=1S/C14H21N3O3S/c1-9(15-8-14(2,3)21(4,19)20)10-5-6-11-12(7-10)17-13(18)16-11/h5-7,9,15H,8H2,1-4H3,(H2,16,17,18). The third-order valence-corrected chi connectivity index (χ3v) is 6.03. The van der Waals surface area contributed by atoms with Gasteiger partial charge in [-0.1, -0.05) is 6.07 Å². The van der Waals surface area contributed by atoms with Crippen molar-refractivity contribution in [1.29, 1.82) is 0 Å². The number of fused-ring (bicyclic) bond motifs is 1. The first-order valence-electron chi connectivity index (χ1n) is 6.75. The van der Waals surface area contributed by atoms with E-state index in [-0.39, 0.29) is 11.7 Å². The second kappa shape index (κ2) is 5.31. The zero-order valence-electron chi connectivity index (χ0n) is 12.6. The minimum absolute atomic E-state index is 0.0196. The zero-order chi connectivity index (χ0) is 15.8. The lowest BCUT2D eigenvalue weighted by atomic mass is 10.1. The molecule has 1 unspecified atom stereocenters. The largest absolute Gasteiger partial charge is 0.323 e. The van der Waals surface area contributed by atoms with Crippen LogP contribution in [0.2, 0.25) is 0 Å². The van der Waals surface area contributed by atoms with Crippen LogP contribution in [0.5, 0.6) is 0 Å². The van der Waals surface area contributed by atoms with E-state index in [1.54, 1.807) is 13.8 Å². The zero-order valence-corrected chi connectivity index (χ0v) is 13.5. The molecule has 0 amide bonds. The van der Waals surface area contributed by atoms with Crippen molar-refractivity contribution < 1.29 is 8.42 Å². The number of aromatic nitrogens is 2. The molecule has 0 saturated carbocycles. The van der Waals surface area contributed by atoms with Crippen LogP contribution in [0.25, 0.3) is 11.0 Å². The summed E-state index contributed by atoms with van der Waals surface area (Å²) in [7, 11) is -3.13. The maximum Gasteiger partial charge on any atom is 0.323 e. The number of aromatic amines is 2. The van der Waals surface area contributed by atoms with Crippen LogP contribution in [0.4, 0.5) is 0 Å². The van der Waals surface area contributed by atoms with Gasteiger partial charge in [0.1, 0.15) is 0 Å². The maximum absolute atomic E-state index is 11.7. The van der Waals surface area contributed by atoms with Gasteiger partial charge in [-0.25, -0.2) is 13.2 Å². The van der Waals surface area contributed by atoms with Crippen molar-refractivity contribution in [3.8, 4) is 0 Å². The van der Waals surface area contributed by atoms with E-state index in [1.165, 1.54) is 6.26 Å². The van der Waals surface area contributed by atoms with E-state index in [2.05, 4.69) is 15.3 Å². The fourth-order valence-corrected chi connectivity index (χ4v) is 2.31. The second-order valence-corrected chi connectivity index (χ2v) is 8.67. The first kappa shape index (κ1) is 15.8. The van der Waals surface area contributed by atoms with E-state index < -0.39 is 14.6 Å². The summed E-state index contributed by atoms with van der Waals surface area (Å²) in [5, 5.41) is 3.24. The molecule has 0 bridgehead atoms. The number of hydrogen-bond acceptors (Lipinski definition) is 4. The molecule has 2 aromatic rings. The first-order valence-corrected chi connectivity index (χ1v) is 8.64. The number of nitrogens with one attached hydrogen (secondary N) is 3. The molecule has 0 aliphatic heterocycles. The molecular formula is C14H21N3O3S. The number of sulfone groups is 1. The van der Waals surface area contributed by atoms with Crippen molar-refractivity contribution in [3.05, 3.63) is 34.2 Å². The summed E-state index contributed by atoms with van der Waals surface area (Å²) in [6.07, 6.45) is 1.25. The molecule has 0 saturated heterocycles. The van der Waals surface area contributed by atoms with Gasteiger partial charge in [0.15, 0.2) is 9.84 Å². The minimum Gasteiger partial charge on any atom is -0.309 e. The Morgan fingerprint density at radius 1 is 1.24 bits per heavy atom. The lowest BCUT2D eigenvalue weighted by Gasteiger charge is -2.25. The number of hydrogen-bond donors (Lipinski definition) is 3. The summed E-state index contributed by atoms with van der Waals surface area (Å²) < 4.78 is 22.6. The van der Waals surface area contributed by atoms with Crippen molar-refractivity contribution >= 4 is 20.9 Å². The van der Waals surface area contributed by atoms with Crippen LogP contribution in [0, 0.1) is 0 Å². The third kappa shape index (κ3) is 3.36. The summed E-state index contributed by atoms with van der Waals surface area (Å²) >= 11 is 0. The third-order valence-electron chi connectivity index (χ3n) is 3.88. The minimum atomic E-state index is -3.13. The fourth-order valence-electron chi connectivity index (χ4n) is 1.97. The van der Waals surface area contributed by atoms with Gasteiger partial charge in [-0.2, -0.15) is 0 Å². The van der Waals surface area contributed by atoms with Gasteiger partial charge in [-0.15, -0.1) is 0 Å². The Morgan fingerprint density at radius 2 is 1.86 bits per heavy atom.